The molecule has 1 heterocycles. The number of ether oxygens (including phenoxy) is 2. The summed E-state index contributed by atoms with van der Waals surface area (Å²) in [4.78, 5) is 12.3. The highest BCUT2D eigenvalue weighted by molar-refractivity contribution is 5.93. The van der Waals surface area contributed by atoms with Gasteiger partial charge in [0.15, 0.2) is 11.5 Å². The number of amides is 1. The number of rotatable bonds is 7. The van der Waals surface area contributed by atoms with Crippen LogP contribution in [0.5, 0.6) is 11.5 Å². The van der Waals surface area contributed by atoms with E-state index in [0.29, 0.717) is 29.4 Å². The van der Waals surface area contributed by atoms with Crippen LogP contribution in [-0.2, 0) is 13.1 Å². The Bertz CT molecular complexity index is 720. The third kappa shape index (κ3) is 4.14. The molecule has 6 nitrogen and oxygen atoms in total. The fourth-order valence-electron chi connectivity index (χ4n) is 3.05. The van der Waals surface area contributed by atoms with Gasteiger partial charge in [-0.1, -0.05) is 12.1 Å². The van der Waals surface area contributed by atoms with Crippen molar-refractivity contribution in [2.75, 3.05) is 7.11 Å². The monoisotopic (exact) mass is 344 g/mol. The van der Waals surface area contributed by atoms with Gasteiger partial charge in [0.2, 0.25) is 0 Å². The molecule has 1 aromatic carbocycles. The summed E-state index contributed by atoms with van der Waals surface area (Å²) in [5.74, 6) is 1.77. The van der Waals surface area contributed by atoms with Crippen LogP contribution < -0.4 is 20.5 Å². The SMILES string of the molecule is COc1cccc(CNC(=O)c2coc(CN)c2)c1OC1CCCC1. The van der Waals surface area contributed by atoms with Crippen molar-refractivity contribution in [2.24, 2.45) is 5.73 Å². The third-order valence-corrected chi connectivity index (χ3v) is 4.42. The van der Waals surface area contributed by atoms with E-state index in [2.05, 4.69) is 5.32 Å². The van der Waals surface area contributed by atoms with Gasteiger partial charge in [-0.05, 0) is 37.8 Å². The number of furan rings is 1. The zero-order chi connectivity index (χ0) is 17.6. The van der Waals surface area contributed by atoms with Gasteiger partial charge in [0.25, 0.3) is 5.91 Å². The van der Waals surface area contributed by atoms with Crippen molar-refractivity contribution in [3.8, 4) is 11.5 Å². The molecule has 0 radical (unpaired) electrons. The molecule has 1 aromatic heterocycles. The van der Waals surface area contributed by atoms with Gasteiger partial charge >= 0.3 is 0 Å². The van der Waals surface area contributed by atoms with Crippen LogP contribution in [0.15, 0.2) is 34.9 Å². The summed E-state index contributed by atoms with van der Waals surface area (Å²) in [7, 11) is 1.62. The van der Waals surface area contributed by atoms with Crippen LogP contribution >= 0.6 is 0 Å². The second-order valence-electron chi connectivity index (χ2n) is 6.16. The lowest BCUT2D eigenvalue weighted by Gasteiger charge is -2.19. The number of hydrogen-bond acceptors (Lipinski definition) is 5. The van der Waals surface area contributed by atoms with Crippen molar-refractivity contribution in [3.63, 3.8) is 0 Å². The minimum absolute atomic E-state index is 0.210. The number of nitrogens with one attached hydrogen (secondary N) is 1. The minimum atomic E-state index is -0.210. The predicted octanol–water partition coefficient (Wildman–Crippen LogP) is 3.00. The van der Waals surface area contributed by atoms with Crippen molar-refractivity contribution in [2.45, 2.75) is 44.9 Å². The zero-order valence-corrected chi connectivity index (χ0v) is 14.4. The van der Waals surface area contributed by atoms with Crippen LogP contribution in [0, 0.1) is 0 Å². The second-order valence-corrected chi connectivity index (χ2v) is 6.16. The van der Waals surface area contributed by atoms with Gasteiger partial charge in [0.05, 0.1) is 25.3 Å². The summed E-state index contributed by atoms with van der Waals surface area (Å²) < 4.78 is 16.8. The van der Waals surface area contributed by atoms with Crippen LogP contribution in [-0.4, -0.2) is 19.1 Å². The topological polar surface area (TPSA) is 86.7 Å². The van der Waals surface area contributed by atoms with E-state index in [1.165, 1.54) is 19.1 Å². The first-order valence-electron chi connectivity index (χ1n) is 8.59. The standard InChI is InChI=1S/C19H24N2O4/c1-23-17-8-4-5-13(18(17)25-15-6-2-3-7-15)11-21-19(22)14-9-16(10-20)24-12-14/h4-5,8-9,12,15H,2-3,6-7,10-11,20H2,1H3,(H,21,22). The summed E-state index contributed by atoms with van der Waals surface area (Å²) in [5.41, 5.74) is 6.85. The van der Waals surface area contributed by atoms with Gasteiger partial charge in [0.1, 0.15) is 12.0 Å². The molecule has 1 amide bonds. The van der Waals surface area contributed by atoms with Gasteiger partial charge in [0, 0.05) is 12.1 Å². The number of methoxy groups -OCH3 is 1. The largest absolute Gasteiger partial charge is 0.493 e. The Kier molecular flexibility index (Phi) is 5.60. The van der Waals surface area contributed by atoms with Gasteiger partial charge in [-0.15, -0.1) is 0 Å². The predicted molar refractivity (Wildman–Crippen MR) is 93.6 cm³/mol. The summed E-state index contributed by atoms with van der Waals surface area (Å²) in [6.45, 7) is 0.615. The van der Waals surface area contributed by atoms with Crippen molar-refractivity contribution >= 4 is 5.91 Å². The highest BCUT2D eigenvalue weighted by atomic mass is 16.5. The van der Waals surface area contributed by atoms with Crippen molar-refractivity contribution in [1.82, 2.24) is 5.32 Å². The van der Waals surface area contributed by atoms with E-state index in [9.17, 15) is 4.79 Å². The molecule has 1 fully saturated rings. The summed E-state index contributed by atoms with van der Waals surface area (Å²) in [6, 6.07) is 7.36. The molecule has 3 N–H and O–H groups in total. The smallest absolute Gasteiger partial charge is 0.254 e. The van der Waals surface area contributed by atoms with E-state index in [1.54, 1.807) is 13.2 Å². The van der Waals surface area contributed by atoms with Crippen molar-refractivity contribution in [3.05, 3.63) is 47.4 Å². The summed E-state index contributed by atoms with van der Waals surface area (Å²) in [6.07, 6.45) is 6.12. The zero-order valence-electron chi connectivity index (χ0n) is 14.4. The maximum absolute atomic E-state index is 12.3. The average Bonchev–Trinajstić information content (AvgIpc) is 3.32. The van der Waals surface area contributed by atoms with E-state index in [1.807, 2.05) is 18.2 Å². The average molecular weight is 344 g/mol. The normalized spacial score (nSPS) is 14.5. The first-order chi connectivity index (χ1) is 12.2. The molecule has 3 rings (SSSR count). The third-order valence-electron chi connectivity index (χ3n) is 4.42. The molecule has 0 bridgehead atoms. The van der Waals surface area contributed by atoms with Crippen LogP contribution in [0.4, 0.5) is 0 Å². The summed E-state index contributed by atoms with van der Waals surface area (Å²) in [5, 5.41) is 2.89. The number of benzene rings is 1. The molecule has 1 aliphatic carbocycles. The number of hydrogen-bond donors (Lipinski definition) is 2. The summed E-state index contributed by atoms with van der Waals surface area (Å²) >= 11 is 0. The fourth-order valence-corrected chi connectivity index (χ4v) is 3.05. The number of carbonyl (C=O) groups excluding carboxylic acids is 1. The lowest BCUT2D eigenvalue weighted by Crippen LogP contribution is -2.23. The van der Waals surface area contributed by atoms with E-state index in [0.717, 1.165) is 18.4 Å². The van der Waals surface area contributed by atoms with E-state index >= 15 is 0 Å². The van der Waals surface area contributed by atoms with Crippen molar-refractivity contribution in [1.29, 1.82) is 0 Å². The Morgan fingerprint density at radius 3 is 2.84 bits per heavy atom. The first kappa shape index (κ1) is 17.4. The molecule has 134 valence electrons. The maximum Gasteiger partial charge on any atom is 0.254 e. The number of nitrogens with two attached hydrogens (primary N) is 1. The van der Waals surface area contributed by atoms with Crippen LogP contribution in [0.2, 0.25) is 0 Å². The maximum atomic E-state index is 12.3. The highest BCUT2D eigenvalue weighted by Crippen LogP contribution is 2.34. The van der Waals surface area contributed by atoms with Crippen LogP contribution in [0.25, 0.3) is 0 Å². The Balaban J connectivity index is 1.71. The molecular formula is C19H24N2O4. The Morgan fingerprint density at radius 1 is 1.36 bits per heavy atom. The van der Waals surface area contributed by atoms with Gasteiger partial charge in [-0.25, -0.2) is 0 Å². The molecule has 25 heavy (non-hydrogen) atoms. The molecule has 0 spiro atoms. The van der Waals surface area contributed by atoms with Crippen molar-refractivity contribution < 1.29 is 18.7 Å². The van der Waals surface area contributed by atoms with Gasteiger partial charge in [-0.2, -0.15) is 0 Å². The Labute approximate surface area is 147 Å². The van der Waals surface area contributed by atoms with Crippen LogP contribution in [0.1, 0.15) is 47.4 Å². The highest BCUT2D eigenvalue weighted by Gasteiger charge is 2.21. The number of carbonyl (C=O) groups is 1. The van der Waals surface area contributed by atoms with E-state index in [4.69, 9.17) is 19.6 Å². The molecule has 1 saturated carbocycles. The molecule has 0 saturated heterocycles. The van der Waals surface area contributed by atoms with Crippen LogP contribution in [0.3, 0.4) is 0 Å². The Hall–Kier alpha value is -2.47. The van der Waals surface area contributed by atoms with Gasteiger partial charge in [-0.3, -0.25) is 4.79 Å². The lowest BCUT2D eigenvalue weighted by atomic mass is 10.1. The Morgan fingerprint density at radius 2 is 2.16 bits per heavy atom. The van der Waals surface area contributed by atoms with E-state index in [-0.39, 0.29) is 18.6 Å². The molecule has 0 unspecified atom stereocenters. The quantitative estimate of drug-likeness (QED) is 0.806. The lowest BCUT2D eigenvalue weighted by molar-refractivity contribution is 0.0949. The number of para-hydroxylation sites is 1. The van der Waals surface area contributed by atoms with E-state index < -0.39 is 0 Å². The molecule has 0 aliphatic heterocycles. The minimum Gasteiger partial charge on any atom is -0.493 e. The molecule has 6 heteroatoms. The molecule has 1 aliphatic rings. The molecular weight excluding hydrogens is 320 g/mol. The second kappa shape index (κ2) is 8.07. The molecule has 2 aromatic rings. The molecule has 0 atom stereocenters. The fraction of sp³-hybridized carbons (Fsp3) is 0.421. The van der Waals surface area contributed by atoms with Gasteiger partial charge < -0.3 is 24.9 Å². The first-order valence-corrected chi connectivity index (χ1v) is 8.59.